The summed E-state index contributed by atoms with van der Waals surface area (Å²) in [5.74, 6) is -2.34. The quantitative estimate of drug-likeness (QED) is 0.675. The predicted molar refractivity (Wildman–Crippen MR) is 80.8 cm³/mol. The number of benzene rings is 1. The van der Waals surface area contributed by atoms with Crippen molar-refractivity contribution < 1.29 is 27.9 Å². The van der Waals surface area contributed by atoms with Crippen LogP contribution in [0.2, 0.25) is 0 Å². The van der Waals surface area contributed by atoms with Crippen LogP contribution in [-0.2, 0) is 14.6 Å². The number of nitrogens with zero attached hydrogens (tertiary/aromatic N) is 1. The Morgan fingerprint density at radius 1 is 1.22 bits per heavy atom. The molecule has 1 aromatic rings. The molecule has 1 saturated heterocycles. The van der Waals surface area contributed by atoms with E-state index in [4.69, 9.17) is 10.8 Å². The van der Waals surface area contributed by atoms with Gasteiger partial charge in [0.05, 0.1) is 5.75 Å². The minimum Gasteiger partial charge on any atom is -0.480 e. The van der Waals surface area contributed by atoms with Crippen LogP contribution in [0.4, 0.5) is 10.5 Å². The van der Waals surface area contributed by atoms with E-state index in [9.17, 15) is 22.8 Å². The van der Waals surface area contributed by atoms with Crippen LogP contribution >= 0.6 is 0 Å². The molecule has 1 aliphatic rings. The van der Waals surface area contributed by atoms with Crippen molar-refractivity contribution in [3.8, 4) is 0 Å². The minimum absolute atomic E-state index is 0.0633. The molecule has 1 aliphatic heterocycles. The number of sulfone groups is 1. The first-order valence-electron chi connectivity index (χ1n) is 6.61. The summed E-state index contributed by atoms with van der Waals surface area (Å²) >= 11 is 0. The summed E-state index contributed by atoms with van der Waals surface area (Å²) in [5.41, 5.74) is 5.63. The van der Waals surface area contributed by atoms with Crippen LogP contribution in [0.25, 0.3) is 0 Å². The van der Waals surface area contributed by atoms with E-state index in [1.807, 2.05) is 0 Å². The smallest absolute Gasteiger partial charge is 0.323 e. The summed E-state index contributed by atoms with van der Waals surface area (Å²) in [6.07, 6.45) is 0. The first-order valence-corrected chi connectivity index (χ1v) is 8.32. The molecule has 0 aromatic heterocycles. The molecule has 124 valence electrons. The number of carboxylic acids is 1. The van der Waals surface area contributed by atoms with Gasteiger partial charge < -0.3 is 21.1 Å². The van der Waals surface area contributed by atoms with Gasteiger partial charge in [-0.15, -0.1) is 0 Å². The van der Waals surface area contributed by atoms with Crippen LogP contribution in [-0.4, -0.2) is 60.4 Å². The standard InChI is InChI=1S/C13H15N3O6S/c14-13(20)15-9-3-1-8(2-4-9)11(17)16-5-6-23(21,22)10(7-16)12(18)19/h1-4,10H,5-7H2,(H,18,19)(H3,14,15,20). The Bertz CT molecular complexity index is 743. The van der Waals surface area contributed by atoms with Gasteiger partial charge in [-0.3, -0.25) is 9.59 Å². The Balaban J connectivity index is 2.14. The number of urea groups is 1. The molecule has 10 heteroatoms. The molecule has 1 fully saturated rings. The largest absolute Gasteiger partial charge is 0.480 e. The summed E-state index contributed by atoms with van der Waals surface area (Å²) in [7, 11) is -3.75. The Kier molecular flexibility index (Phi) is 4.55. The molecule has 23 heavy (non-hydrogen) atoms. The van der Waals surface area contributed by atoms with Gasteiger partial charge >= 0.3 is 12.0 Å². The molecule has 1 atom stereocenters. The highest BCUT2D eigenvalue weighted by atomic mass is 32.2. The summed E-state index contributed by atoms with van der Waals surface area (Å²) in [6.45, 7) is -0.454. The van der Waals surface area contributed by atoms with Gasteiger partial charge in [-0.2, -0.15) is 0 Å². The topological polar surface area (TPSA) is 147 Å². The highest BCUT2D eigenvalue weighted by molar-refractivity contribution is 7.92. The fourth-order valence-corrected chi connectivity index (χ4v) is 3.70. The fraction of sp³-hybridized carbons (Fsp3) is 0.308. The van der Waals surface area contributed by atoms with Gasteiger partial charge in [-0.1, -0.05) is 0 Å². The zero-order chi connectivity index (χ0) is 17.2. The third kappa shape index (κ3) is 3.77. The van der Waals surface area contributed by atoms with Crippen LogP contribution in [0, 0.1) is 0 Å². The van der Waals surface area contributed by atoms with Gasteiger partial charge in [0.1, 0.15) is 0 Å². The first kappa shape index (κ1) is 16.7. The van der Waals surface area contributed by atoms with E-state index in [2.05, 4.69) is 5.32 Å². The lowest BCUT2D eigenvalue weighted by molar-refractivity contribution is -0.136. The lowest BCUT2D eigenvalue weighted by Crippen LogP contribution is -2.52. The predicted octanol–water partition coefficient (Wildman–Crippen LogP) is -0.499. The van der Waals surface area contributed by atoms with Crippen LogP contribution in [0.1, 0.15) is 10.4 Å². The van der Waals surface area contributed by atoms with Gasteiger partial charge in [-0.05, 0) is 24.3 Å². The Morgan fingerprint density at radius 3 is 2.35 bits per heavy atom. The third-order valence-corrected chi connectivity index (χ3v) is 5.40. The van der Waals surface area contributed by atoms with Crippen molar-refractivity contribution in [2.24, 2.45) is 5.73 Å². The number of primary amides is 1. The van der Waals surface area contributed by atoms with Crippen LogP contribution in [0.3, 0.4) is 0 Å². The summed E-state index contributed by atoms with van der Waals surface area (Å²) in [5, 5.41) is 9.72. The molecule has 0 saturated carbocycles. The number of nitrogens with one attached hydrogen (secondary N) is 1. The number of carbonyl (C=O) groups is 3. The second-order valence-electron chi connectivity index (χ2n) is 5.01. The number of amides is 3. The monoisotopic (exact) mass is 341 g/mol. The van der Waals surface area contributed by atoms with Gasteiger partial charge in [-0.25, -0.2) is 13.2 Å². The van der Waals surface area contributed by atoms with E-state index in [1.165, 1.54) is 29.2 Å². The maximum atomic E-state index is 12.3. The van der Waals surface area contributed by atoms with Crippen molar-refractivity contribution in [1.82, 2.24) is 4.90 Å². The van der Waals surface area contributed by atoms with Gasteiger partial charge in [0.2, 0.25) is 0 Å². The molecular formula is C13H15N3O6S. The second kappa shape index (κ2) is 6.24. The molecule has 0 bridgehead atoms. The molecule has 3 amide bonds. The Morgan fingerprint density at radius 2 is 1.83 bits per heavy atom. The third-order valence-electron chi connectivity index (χ3n) is 3.43. The van der Waals surface area contributed by atoms with Crippen molar-refractivity contribution in [3.05, 3.63) is 29.8 Å². The highest BCUT2D eigenvalue weighted by Crippen LogP contribution is 2.17. The SMILES string of the molecule is NC(=O)Nc1ccc(C(=O)N2CCS(=O)(=O)C(C(=O)O)C2)cc1. The number of aliphatic carboxylic acids is 1. The van der Waals surface area contributed by atoms with Crippen molar-refractivity contribution in [2.45, 2.75) is 5.25 Å². The number of hydrogen-bond acceptors (Lipinski definition) is 5. The lowest BCUT2D eigenvalue weighted by atomic mass is 10.1. The molecular weight excluding hydrogens is 326 g/mol. The van der Waals surface area contributed by atoms with E-state index < -0.39 is 45.3 Å². The number of hydrogen-bond donors (Lipinski definition) is 3. The number of nitrogens with two attached hydrogens (primary N) is 1. The maximum Gasteiger partial charge on any atom is 0.323 e. The average Bonchev–Trinajstić information content (AvgIpc) is 2.46. The number of carboxylic acid groups (broad SMARTS) is 1. The molecule has 1 aromatic carbocycles. The first-order chi connectivity index (χ1) is 10.7. The Labute approximate surface area is 132 Å². The summed E-state index contributed by atoms with van der Waals surface area (Å²) in [6, 6.07) is 5.06. The van der Waals surface area contributed by atoms with Gasteiger partial charge in [0.15, 0.2) is 15.1 Å². The zero-order valence-corrected chi connectivity index (χ0v) is 12.7. The average molecular weight is 341 g/mol. The fourth-order valence-electron chi connectivity index (χ4n) is 2.22. The molecule has 0 aliphatic carbocycles. The molecule has 4 N–H and O–H groups in total. The van der Waals surface area contributed by atoms with Crippen molar-refractivity contribution in [1.29, 1.82) is 0 Å². The highest BCUT2D eigenvalue weighted by Gasteiger charge is 2.39. The number of rotatable bonds is 3. The lowest BCUT2D eigenvalue weighted by Gasteiger charge is -2.30. The van der Waals surface area contributed by atoms with Crippen LogP contribution < -0.4 is 11.1 Å². The van der Waals surface area contributed by atoms with E-state index in [-0.39, 0.29) is 12.1 Å². The van der Waals surface area contributed by atoms with Crippen LogP contribution in [0.15, 0.2) is 24.3 Å². The maximum absolute atomic E-state index is 12.3. The van der Waals surface area contributed by atoms with E-state index in [0.717, 1.165) is 0 Å². The minimum atomic E-state index is -3.75. The molecule has 0 spiro atoms. The van der Waals surface area contributed by atoms with Gasteiger partial charge in [0.25, 0.3) is 5.91 Å². The molecule has 1 heterocycles. The molecule has 2 rings (SSSR count). The van der Waals surface area contributed by atoms with E-state index in [1.54, 1.807) is 0 Å². The normalized spacial score (nSPS) is 19.8. The molecule has 9 nitrogen and oxygen atoms in total. The van der Waals surface area contributed by atoms with Crippen molar-refractivity contribution >= 4 is 33.4 Å². The van der Waals surface area contributed by atoms with Crippen molar-refractivity contribution in [2.75, 3.05) is 24.2 Å². The van der Waals surface area contributed by atoms with Crippen molar-refractivity contribution in [3.63, 3.8) is 0 Å². The zero-order valence-electron chi connectivity index (χ0n) is 11.9. The van der Waals surface area contributed by atoms with E-state index >= 15 is 0 Å². The van der Waals surface area contributed by atoms with Gasteiger partial charge in [0, 0.05) is 24.3 Å². The molecule has 0 radical (unpaired) electrons. The Hall–Kier alpha value is -2.62. The summed E-state index contributed by atoms with van der Waals surface area (Å²) in [4.78, 5) is 35.3. The second-order valence-corrected chi connectivity index (χ2v) is 7.31. The van der Waals surface area contributed by atoms with E-state index in [0.29, 0.717) is 5.69 Å². The molecule has 1 unspecified atom stereocenters. The number of anilines is 1. The van der Waals surface area contributed by atoms with Crippen LogP contribution in [0.5, 0.6) is 0 Å². The summed E-state index contributed by atoms with van der Waals surface area (Å²) < 4.78 is 23.4. The number of carbonyl (C=O) groups excluding carboxylic acids is 2.